The van der Waals surface area contributed by atoms with Gasteiger partial charge < -0.3 is 4.57 Å². The summed E-state index contributed by atoms with van der Waals surface area (Å²) in [4.78, 5) is 2.17. The van der Waals surface area contributed by atoms with Crippen LogP contribution in [0.4, 0.5) is 8.78 Å². The Balaban J connectivity index is 1.63. The molecule has 27 heavy (non-hydrogen) atoms. The van der Waals surface area contributed by atoms with Crippen LogP contribution < -0.4 is 0 Å². The van der Waals surface area contributed by atoms with E-state index >= 15 is 0 Å². The first-order valence-corrected chi connectivity index (χ1v) is 9.31. The van der Waals surface area contributed by atoms with E-state index in [0.717, 1.165) is 12.8 Å². The monoisotopic (exact) mass is 386 g/mol. The largest absolute Gasteiger partial charge is 0.303 e. The average molecular weight is 386 g/mol. The molecule has 2 aromatic carbocycles. The van der Waals surface area contributed by atoms with Crippen molar-refractivity contribution in [2.75, 3.05) is 0 Å². The van der Waals surface area contributed by atoms with Gasteiger partial charge in [-0.3, -0.25) is 4.90 Å². The van der Waals surface area contributed by atoms with Crippen LogP contribution in [0.25, 0.3) is 11.4 Å². The molecule has 3 aromatic rings. The Morgan fingerprint density at radius 1 is 1.07 bits per heavy atom. The Morgan fingerprint density at radius 2 is 1.74 bits per heavy atom. The molecule has 0 unspecified atom stereocenters. The topological polar surface area (TPSA) is 26.0 Å². The molecule has 1 saturated carbocycles. The molecule has 7 heteroatoms. The molecule has 4 nitrogen and oxygen atoms in total. The van der Waals surface area contributed by atoms with Crippen LogP contribution in [-0.2, 0) is 20.3 Å². The number of nitrogens with zero attached hydrogens (tertiary/aromatic N) is 4. The van der Waals surface area contributed by atoms with Crippen LogP contribution in [0.5, 0.6) is 0 Å². The van der Waals surface area contributed by atoms with Crippen molar-refractivity contribution in [3.05, 3.63) is 70.5 Å². The summed E-state index contributed by atoms with van der Waals surface area (Å²) in [6.45, 7) is 0.935. The summed E-state index contributed by atoms with van der Waals surface area (Å²) < 4.78 is 32.2. The molecule has 0 N–H and O–H groups in total. The SMILES string of the molecule is Cn1c(-c2ccccc2F)nn(CN(Cc2ccccc2F)C2CC2)c1=S. The molecule has 1 fully saturated rings. The summed E-state index contributed by atoms with van der Waals surface area (Å²) in [5.41, 5.74) is 1.07. The maximum atomic E-state index is 14.2. The van der Waals surface area contributed by atoms with E-state index in [1.54, 1.807) is 46.6 Å². The van der Waals surface area contributed by atoms with Gasteiger partial charge >= 0.3 is 0 Å². The predicted octanol–water partition coefficient (Wildman–Crippen LogP) is 4.52. The van der Waals surface area contributed by atoms with Crippen molar-refractivity contribution in [2.45, 2.75) is 32.1 Å². The van der Waals surface area contributed by atoms with Gasteiger partial charge in [-0.1, -0.05) is 30.3 Å². The summed E-state index contributed by atoms with van der Waals surface area (Å²) in [6.07, 6.45) is 2.16. The minimum atomic E-state index is -0.335. The van der Waals surface area contributed by atoms with Crippen molar-refractivity contribution >= 4 is 12.2 Å². The number of rotatable bonds is 6. The normalized spacial score (nSPS) is 14.1. The van der Waals surface area contributed by atoms with Crippen LogP contribution in [0.2, 0.25) is 0 Å². The number of benzene rings is 2. The molecular formula is C20H20F2N4S. The van der Waals surface area contributed by atoms with E-state index in [4.69, 9.17) is 12.2 Å². The zero-order valence-corrected chi connectivity index (χ0v) is 15.8. The first-order valence-electron chi connectivity index (χ1n) is 8.91. The van der Waals surface area contributed by atoms with Crippen LogP contribution in [0.1, 0.15) is 18.4 Å². The standard InChI is InChI=1S/C20H20F2N4S/c1-24-19(16-7-3-5-9-18(16)22)23-26(20(24)27)13-25(15-10-11-15)12-14-6-2-4-8-17(14)21/h2-9,15H,10-13H2,1H3. The number of aromatic nitrogens is 3. The maximum Gasteiger partial charge on any atom is 0.199 e. The van der Waals surface area contributed by atoms with Gasteiger partial charge in [0.15, 0.2) is 10.6 Å². The molecule has 1 aliphatic rings. The first-order chi connectivity index (χ1) is 13.0. The molecule has 0 atom stereocenters. The lowest BCUT2D eigenvalue weighted by Gasteiger charge is -2.22. The highest BCUT2D eigenvalue weighted by Crippen LogP contribution is 2.30. The molecule has 0 amide bonds. The Hall–Kier alpha value is -2.38. The van der Waals surface area contributed by atoms with Crippen molar-refractivity contribution < 1.29 is 8.78 Å². The predicted molar refractivity (Wildman–Crippen MR) is 102 cm³/mol. The molecule has 0 radical (unpaired) electrons. The molecule has 1 heterocycles. The van der Waals surface area contributed by atoms with E-state index in [1.807, 2.05) is 6.07 Å². The van der Waals surface area contributed by atoms with Crippen molar-refractivity contribution in [3.8, 4) is 11.4 Å². The van der Waals surface area contributed by atoms with Crippen molar-refractivity contribution in [3.63, 3.8) is 0 Å². The fraction of sp³-hybridized carbons (Fsp3) is 0.300. The van der Waals surface area contributed by atoms with Gasteiger partial charge in [-0.2, -0.15) is 5.10 Å². The van der Waals surface area contributed by atoms with Crippen LogP contribution >= 0.6 is 12.2 Å². The zero-order valence-electron chi connectivity index (χ0n) is 15.0. The highest BCUT2D eigenvalue weighted by Gasteiger charge is 2.30. The highest BCUT2D eigenvalue weighted by atomic mass is 32.1. The summed E-state index contributed by atoms with van der Waals surface area (Å²) in [5, 5.41) is 4.55. The number of hydrogen-bond acceptors (Lipinski definition) is 3. The van der Waals surface area contributed by atoms with E-state index < -0.39 is 0 Å². The minimum absolute atomic E-state index is 0.209. The van der Waals surface area contributed by atoms with Crippen molar-refractivity contribution in [1.82, 2.24) is 19.2 Å². The summed E-state index contributed by atoms with van der Waals surface area (Å²) >= 11 is 5.51. The van der Waals surface area contributed by atoms with Crippen LogP contribution in [0, 0.1) is 16.4 Å². The quantitative estimate of drug-likeness (QED) is 0.583. The summed E-state index contributed by atoms with van der Waals surface area (Å²) in [5.74, 6) is -0.0577. The number of halogens is 2. The first kappa shape index (κ1) is 18.0. The summed E-state index contributed by atoms with van der Waals surface area (Å²) in [7, 11) is 1.78. The van der Waals surface area contributed by atoms with Crippen molar-refractivity contribution in [1.29, 1.82) is 0 Å². The molecule has 0 saturated heterocycles. The van der Waals surface area contributed by atoms with Gasteiger partial charge in [0.1, 0.15) is 11.6 Å². The van der Waals surface area contributed by atoms with Crippen LogP contribution in [0.3, 0.4) is 0 Å². The van der Waals surface area contributed by atoms with Gasteiger partial charge in [0, 0.05) is 25.2 Å². The minimum Gasteiger partial charge on any atom is -0.303 e. The fourth-order valence-electron chi connectivity index (χ4n) is 3.21. The average Bonchev–Trinajstić information content (AvgIpc) is 3.47. The molecule has 1 aliphatic carbocycles. The lowest BCUT2D eigenvalue weighted by Crippen LogP contribution is -2.29. The molecular weight excluding hydrogens is 366 g/mol. The smallest absolute Gasteiger partial charge is 0.199 e. The molecule has 1 aromatic heterocycles. The Kier molecular flexibility index (Phi) is 4.88. The van der Waals surface area contributed by atoms with Gasteiger partial charge in [0.2, 0.25) is 0 Å². The second-order valence-corrected chi connectivity index (χ2v) is 7.22. The van der Waals surface area contributed by atoms with E-state index in [1.165, 1.54) is 12.1 Å². The molecule has 0 spiro atoms. The van der Waals surface area contributed by atoms with Gasteiger partial charge in [0.25, 0.3) is 0 Å². The third-order valence-electron chi connectivity index (χ3n) is 4.87. The van der Waals surface area contributed by atoms with Crippen LogP contribution in [-0.4, -0.2) is 25.3 Å². The Labute approximate surface area is 161 Å². The third kappa shape index (κ3) is 3.70. The van der Waals surface area contributed by atoms with E-state index in [-0.39, 0.29) is 11.6 Å². The van der Waals surface area contributed by atoms with Gasteiger partial charge in [-0.25, -0.2) is 13.5 Å². The zero-order chi connectivity index (χ0) is 19.0. The fourth-order valence-corrected chi connectivity index (χ4v) is 3.39. The maximum absolute atomic E-state index is 14.2. The van der Waals surface area contributed by atoms with E-state index in [9.17, 15) is 8.78 Å². The van der Waals surface area contributed by atoms with E-state index in [0.29, 0.717) is 41.0 Å². The lowest BCUT2D eigenvalue weighted by atomic mass is 10.2. The Bertz CT molecular complexity index is 1020. The molecule has 4 rings (SSSR count). The van der Waals surface area contributed by atoms with Gasteiger partial charge in [0.05, 0.1) is 12.2 Å². The molecule has 0 aliphatic heterocycles. The second kappa shape index (κ2) is 7.32. The van der Waals surface area contributed by atoms with Gasteiger partial charge in [-0.05, 0) is 43.3 Å². The molecule has 140 valence electrons. The number of hydrogen-bond donors (Lipinski definition) is 0. The third-order valence-corrected chi connectivity index (χ3v) is 5.35. The highest BCUT2D eigenvalue weighted by molar-refractivity contribution is 7.71. The van der Waals surface area contributed by atoms with Gasteiger partial charge in [-0.15, -0.1) is 0 Å². The second-order valence-electron chi connectivity index (χ2n) is 6.86. The van der Waals surface area contributed by atoms with Crippen LogP contribution in [0.15, 0.2) is 48.5 Å². The lowest BCUT2D eigenvalue weighted by molar-refractivity contribution is 0.184. The van der Waals surface area contributed by atoms with E-state index in [2.05, 4.69) is 10.00 Å². The van der Waals surface area contributed by atoms with Crippen molar-refractivity contribution in [2.24, 2.45) is 7.05 Å². The molecule has 0 bridgehead atoms. The summed E-state index contributed by atoms with van der Waals surface area (Å²) in [6, 6.07) is 13.7. The Morgan fingerprint density at radius 3 is 2.41 bits per heavy atom.